The van der Waals surface area contributed by atoms with Gasteiger partial charge in [0.2, 0.25) is 10.0 Å². The van der Waals surface area contributed by atoms with E-state index in [0.717, 1.165) is 11.3 Å². The first-order valence-corrected chi connectivity index (χ1v) is 8.43. The molecule has 0 bridgehead atoms. The molecule has 0 radical (unpaired) electrons. The molecule has 0 saturated carbocycles. The predicted molar refractivity (Wildman–Crippen MR) is 84.0 cm³/mol. The number of carbonyl (C=O) groups is 1. The lowest BCUT2D eigenvalue weighted by Crippen LogP contribution is -2.24. The van der Waals surface area contributed by atoms with Crippen molar-refractivity contribution in [2.45, 2.75) is 25.3 Å². The highest BCUT2D eigenvalue weighted by molar-refractivity contribution is 7.89. The molecule has 0 saturated heterocycles. The lowest BCUT2D eigenvalue weighted by atomic mass is 10.2. The van der Waals surface area contributed by atoms with Crippen LogP contribution in [0.1, 0.15) is 28.5 Å². The van der Waals surface area contributed by atoms with Crippen LogP contribution in [0.4, 0.5) is 0 Å². The average Bonchev–Trinajstić information content (AvgIpc) is 2.91. The van der Waals surface area contributed by atoms with Crippen molar-refractivity contribution in [3.05, 3.63) is 53.3 Å². The molecule has 1 heterocycles. The van der Waals surface area contributed by atoms with Crippen molar-refractivity contribution < 1.29 is 13.2 Å². The summed E-state index contributed by atoms with van der Waals surface area (Å²) in [6, 6.07) is 8.15. The number of hydrogen-bond donors (Lipinski definition) is 3. The van der Waals surface area contributed by atoms with Gasteiger partial charge in [-0.15, -0.1) is 0 Å². The second-order valence-corrected chi connectivity index (χ2v) is 6.61. The van der Waals surface area contributed by atoms with E-state index in [4.69, 9.17) is 0 Å². The summed E-state index contributed by atoms with van der Waals surface area (Å²) in [5.74, 6) is -0.164. The van der Waals surface area contributed by atoms with E-state index in [2.05, 4.69) is 15.0 Å². The first-order chi connectivity index (χ1) is 10.4. The van der Waals surface area contributed by atoms with Crippen LogP contribution in [0, 0.1) is 6.92 Å². The number of amides is 1. The number of rotatable bonds is 6. The van der Waals surface area contributed by atoms with Crippen LogP contribution < -0.4 is 10.0 Å². The van der Waals surface area contributed by atoms with E-state index in [1.165, 1.54) is 12.1 Å². The monoisotopic (exact) mass is 321 g/mol. The van der Waals surface area contributed by atoms with Crippen LogP contribution in [0.3, 0.4) is 0 Å². The second kappa shape index (κ2) is 6.76. The Hall–Kier alpha value is -2.12. The molecule has 0 spiro atoms. The van der Waals surface area contributed by atoms with Crippen molar-refractivity contribution in [2.75, 3.05) is 6.54 Å². The Morgan fingerprint density at radius 2 is 1.86 bits per heavy atom. The highest BCUT2D eigenvalue weighted by atomic mass is 32.2. The summed E-state index contributed by atoms with van der Waals surface area (Å²) in [6.07, 6.45) is 1.71. The average molecular weight is 321 g/mol. The van der Waals surface area contributed by atoms with Gasteiger partial charge in [0.25, 0.3) is 5.91 Å². The molecule has 0 aliphatic heterocycles. The molecule has 7 heteroatoms. The van der Waals surface area contributed by atoms with Gasteiger partial charge in [0.05, 0.1) is 10.5 Å². The van der Waals surface area contributed by atoms with Gasteiger partial charge in [0.1, 0.15) is 0 Å². The molecule has 1 amide bonds. The van der Waals surface area contributed by atoms with Crippen molar-refractivity contribution in [1.29, 1.82) is 0 Å². The van der Waals surface area contributed by atoms with Gasteiger partial charge in [-0.1, -0.05) is 19.1 Å². The van der Waals surface area contributed by atoms with E-state index < -0.39 is 10.0 Å². The fourth-order valence-electron chi connectivity index (χ4n) is 2.04. The highest BCUT2D eigenvalue weighted by Gasteiger charge is 2.12. The van der Waals surface area contributed by atoms with Crippen molar-refractivity contribution in [3.63, 3.8) is 0 Å². The number of aryl methyl sites for hydroxylation is 1. The first kappa shape index (κ1) is 16.3. The molecule has 2 rings (SSSR count). The molecule has 1 aromatic heterocycles. The zero-order valence-corrected chi connectivity index (χ0v) is 13.3. The topological polar surface area (TPSA) is 91.1 Å². The predicted octanol–water partition coefficient (Wildman–Crippen LogP) is 1.55. The minimum atomic E-state index is -3.44. The second-order valence-electron chi connectivity index (χ2n) is 4.84. The van der Waals surface area contributed by atoms with Gasteiger partial charge in [0, 0.05) is 25.0 Å². The van der Waals surface area contributed by atoms with Crippen molar-refractivity contribution in [1.82, 2.24) is 15.0 Å². The lowest BCUT2D eigenvalue weighted by Gasteiger charge is -2.07. The van der Waals surface area contributed by atoms with Crippen molar-refractivity contribution in [3.8, 4) is 0 Å². The number of nitrogens with one attached hydrogen (secondary N) is 3. The molecule has 0 atom stereocenters. The van der Waals surface area contributed by atoms with Crippen molar-refractivity contribution in [2.24, 2.45) is 0 Å². The van der Waals surface area contributed by atoms with E-state index >= 15 is 0 Å². The molecule has 1 aromatic carbocycles. The molecule has 0 unspecified atom stereocenters. The number of H-pyrrole nitrogens is 1. The highest BCUT2D eigenvalue weighted by Crippen LogP contribution is 2.11. The van der Waals surface area contributed by atoms with Gasteiger partial charge in [-0.25, -0.2) is 13.1 Å². The molecule has 6 nitrogen and oxygen atoms in total. The number of hydrogen-bond acceptors (Lipinski definition) is 3. The lowest BCUT2D eigenvalue weighted by molar-refractivity contribution is 0.0950. The molecule has 0 aliphatic rings. The van der Waals surface area contributed by atoms with Crippen LogP contribution in [-0.4, -0.2) is 25.9 Å². The van der Waals surface area contributed by atoms with Crippen LogP contribution >= 0.6 is 0 Å². The number of sulfonamides is 1. The standard InChI is InChI=1S/C15H19N3O3S/c1-3-18-22(20,21)13-6-4-12(5-7-13)10-17-15(19)14-8-9-16-11(14)2/h4-9,16,18H,3,10H2,1-2H3,(H,17,19). The molecular weight excluding hydrogens is 302 g/mol. The van der Waals surface area contributed by atoms with Gasteiger partial charge < -0.3 is 10.3 Å². The maximum absolute atomic E-state index is 12.0. The Morgan fingerprint density at radius 3 is 2.41 bits per heavy atom. The minimum Gasteiger partial charge on any atom is -0.365 e. The largest absolute Gasteiger partial charge is 0.365 e. The maximum atomic E-state index is 12.0. The van der Waals surface area contributed by atoms with Crippen LogP contribution in [0.25, 0.3) is 0 Å². The quantitative estimate of drug-likeness (QED) is 0.754. The third-order valence-corrected chi connectivity index (χ3v) is 4.78. The molecule has 22 heavy (non-hydrogen) atoms. The number of aromatic amines is 1. The maximum Gasteiger partial charge on any atom is 0.253 e. The number of carbonyl (C=O) groups excluding carboxylic acids is 1. The van der Waals surface area contributed by atoms with E-state index in [-0.39, 0.29) is 10.8 Å². The normalized spacial score (nSPS) is 11.4. The van der Waals surface area contributed by atoms with E-state index in [1.807, 2.05) is 6.92 Å². The Labute approximate surface area is 130 Å². The fourth-order valence-corrected chi connectivity index (χ4v) is 3.08. The smallest absolute Gasteiger partial charge is 0.253 e. The molecule has 3 N–H and O–H groups in total. The van der Waals surface area contributed by atoms with E-state index in [1.54, 1.807) is 31.3 Å². The van der Waals surface area contributed by atoms with Gasteiger partial charge >= 0.3 is 0 Å². The molecule has 118 valence electrons. The summed E-state index contributed by atoms with van der Waals surface area (Å²) in [5, 5.41) is 2.80. The van der Waals surface area contributed by atoms with Gasteiger partial charge in [-0.3, -0.25) is 4.79 Å². The minimum absolute atomic E-state index is 0.164. The summed E-state index contributed by atoms with van der Waals surface area (Å²) in [4.78, 5) is 15.1. The van der Waals surface area contributed by atoms with E-state index in [9.17, 15) is 13.2 Å². The SMILES string of the molecule is CCNS(=O)(=O)c1ccc(CNC(=O)c2cc[nH]c2C)cc1. The first-order valence-electron chi connectivity index (χ1n) is 6.95. The summed E-state index contributed by atoms with van der Waals surface area (Å²) in [5.41, 5.74) is 2.24. The summed E-state index contributed by atoms with van der Waals surface area (Å²) in [7, 11) is -3.44. The molecule has 0 aliphatic carbocycles. The van der Waals surface area contributed by atoms with Crippen LogP contribution in [0.5, 0.6) is 0 Å². The van der Waals surface area contributed by atoms with Crippen LogP contribution in [0.2, 0.25) is 0 Å². The van der Waals surface area contributed by atoms with Crippen molar-refractivity contribution >= 4 is 15.9 Å². The number of aromatic nitrogens is 1. The van der Waals surface area contributed by atoms with Gasteiger partial charge in [0.15, 0.2) is 0 Å². The van der Waals surface area contributed by atoms with Crippen LogP contribution in [-0.2, 0) is 16.6 Å². The zero-order chi connectivity index (χ0) is 16.2. The fraction of sp³-hybridized carbons (Fsp3) is 0.267. The Kier molecular flexibility index (Phi) is 4.99. The summed E-state index contributed by atoms with van der Waals surface area (Å²) in [6.45, 7) is 4.24. The zero-order valence-electron chi connectivity index (χ0n) is 12.5. The third-order valence-electron chi connectivity index (χ3n) is 3.22. The van der Waals surface area contributed by atoms with Gasteiger partial charge in [-0.05, 0) is 30.7 Å². The Morgan fingerprint density at radius 1 is 1.18 bits per heavy atom. The van der Waals surface area contributed by atoms with Crippen LogP contribution in [0.15, 0.2) is 41.4 Å². The molecular formula is C15H19N3O3S. The third kappa shape index (κ3) is 3.75. The summed E-state index contributed by atoms with van der Waals surface area (Å²) < 4.78 is 26.1. The Balaban J connectivity index is 2.00. The van der Waals surface area contributed by atoms with Gasteiger partial charge in [-0.2, -0.15) is 0 Å². The molecule has 2 aromatic rings. The number of benzene rings is 1. The summed E-state index contributed by atoms with van der Waals surface area (Å²) >= 11 is 0. The molecule has 0 fully saturated rings. The Bertz CT molecular complexity index is 749. The van der Waals surface area contributed by atoms with E-state index in [0.29, 0.717) is 18.7 Å².